The summed E-state index contributed by atoms with van der Waals surface area (Å²) in [7, 11) is 0. The normalized spacial score (nSPS) is 25.3. The Balaban J connectivity index is 1.95. The second kappa shape index (κ2) is 3.81. The summed E-state index contributed by atoms with van der Waals surface area (Å²) in [5.74, 6) is 0.463. The maximum absolute atomic E-state index is 5.96. The van der Waals surface area contributed by atoms with E-state index in [-0.39, 0.29) is 11.7 Å². The van der Waals surface area contributed by atoms with E-state index in [0.717, 1.165) is 19.4 Å². The van der Waals surface area contributed by atoms with Gasteiger partial charge in [-0.3, -0.25) is 0 Å². The van der Waals surface area contributed by atoms with Crippen LogP contribution in [-0.4, -0.2) is 26.7 Å². The molecule has 0 aromatic carbocycles. The van der Waals surface area contributed by atoms with Gasteiger partial charge in [-0.05, 0) is 33.1 Å². The summed E-state index contributed by atoms with van der Waals surface area (Å²) in [4.78, 5) is 0. The van der Waals surface area contributed by atoms with E-state index in [2.05, 4.69) is 24.2 Å². The van der Waals surface area contributed by atoms with Gasteiger partial charge in [-0.15, -0.1) is 5.10 Å². The molecule has 15 heavy (non-hydrogen) atoms. The molecular weight excluding hydrogens is 192 g/mol. The van der Waals surface area contributed by atoms with E-state index in [1.807, 2.05) is 0 Å². The van der Waals surface area contributed by atoms with E-state index in [4.69, 9.17) is 10.5 Å². The Bertz CT molecular complexity index is 334. The number of ether oxygens (including phenoxy) is 1. The van der Waals surface area contributed by atoms with E-state index in [1.54, 1.807) is 10.9 Å². The highest BCUT2D eigenvalue weighted by molar-refractivity contribution is 5.19. The fourth-order valence-corrected chi connectivity index (χ4v) is 2.06. The molecule has 0 radical (unpaired) electrons. The first-order valence-corrected chi connectivity index (χ1v) is 5.39. The third-order valence-corrected chi connectivity index (χ3v) is 2.74. The minimum absolute atomic E-state index is 0.00492. The van der Waals surface area contributed by atoms with Crippen LogP contribution in [0.5, 0.6) is 0 Å². The molecule has 0 amide bonds. The first-order valence-electron chi connectivity index (χ1n) is 5.39. The predicted molar refractivity (Wildman–Crippen MR) is 57.2 cm³/mol. The second-order valence-corrected chi connectivity index (χ2v) is 4.76. The van der Waals surface area contributed by atoms with E-state index >= 15 is 0 Å². The van der Waals surface area contributed by atoms with Crippen molar-refractivity contribution < 1.29 is 4.74 Å². The fourth-order valence-electron chi connectivity index (χ4n) is 2.06. The molecule has 0 bridgehead atoms. The number of hydrogen-bond donors (Lipinski definition) is 1. The largest absolute Gasteiger partial charge is 0.381 e. The number of hydrogen-bond acceptors (Lipinski definition) is 4. The molecule has 5 nitrogen and oxygen atoms in total. The van der Waals surface area contributed by atoms with Crippen molar-refractivity contribution in [2.75, 3.05) is 5.73 Å². The molecule has 0 saturated carbocycles. The maximum Gasteiger partial charge on any atom is 0.165 e. The molecule has 1 unspecified atom stereocenters. The van der Waals surface area contributed by atoms with Crippen LogP contribution in [0.1, 0.15) is 33.1 Å². The Morgan fingerprint density at radius 3 is 3.07 bits per heavy atom. The number of aromatic nitrogens is 3. The zero-order chi connectivity index (χ0) is 10.9. The van der Waals surface area contributed by atoms with E-state index in [0.29, 0.717) is 5.82 Å². The Hall–Kier alpha value is -1.10. The number of nitrogens with zero attached hydrogens (tertiary/aromatic N) is 3. The van der Waals surface area contributed by atoms with Crippen LogP contribution in [0.25, 0.3) is 0 Å². The molecule has 1 aromatic heterocycles. The standard InChI is InChI=1S/C10H18N4O/c1-10(2)5-3-4-8(15-10)6-14-7-9(11)12-13-14/h7-8H,3-6,11H2,1-2H3. The zero-order valence-electron chi connectivity index (χ0n) is 9.31. The Morgan fingerprint density at radius 2 is 2.47 bits per heavy atom. The van der Waals surface area contributed by atoms with Crippen LogP contribution in [-0.2, 0) is 11.3 Å². The molecular formula is C10H18N4O. The van der Waals surface area contributed by atoms with Gasteiger partial charge in [0.25, 0.3) is 0 Å². The van der Waals surface area contributed by atoms with Crippen LogP contribution < -0.4 is 5.73 Å². The monoisotopic (exact) mass is 210 g/mol. The summed E-state index contributed by atoms with van der Waals surface area (Å²) in [6, 6.07) is 0. The molecule has 84 valence electrons. The predicted octanol–water partition coefficient (Wildman–Crippen LogP) is 1.21. The molecule has 0 aliphatic carbocycles. The van der Waals surface area contributed by atoms with Crippen LogP contribution in [0.2, 0.25) is 0 Å². The third kappa shape index (κ3) is 2.68. The van der Waals surface area contributed by atoms with Crippen molar-refractivity contribution >= 4 is 5.82 Å². The Labute approximate surface area is 89.6 Å². The smallest absolute Gasteiger partial charge is 0.165 e. The summed E-state index contributed by atoms with van der Waals surface area (Å²) in [6.07, 6.45) is 5.40. The minimum Gasteiger partial charge on any atom is -0.381 e. The molecule has 2 N–H and O–H groups in total. The lowest BCUT2D eigenvalue weighted by atomic mass is 9.95. The Kier molecular flexibility index (Phi) is 2.65. The highest BCUT2D eigenvalue weighted by Gasteiger charge is 2.28. The van der Waals surface area contributed by atoms with Gasteiger partial charge in [0.1, 0.15) is 0 Å². The molecule has 1 aliphatic heterocycles. The molecule has 1 aromatic rings. The number of nitrogen functional groups attached to an aromatic ring is 1. The van der Waals surface area contributed by atoms with E-state index in [9.17, 15) is 0 Å². The summed E-state index contributed by atoms with van der Waals surface area (Å²) in [6.45, 7) is 5.01. The first-order chi connectivity index (χ1) is 7.05. The lowest BCUT2D eigenvalue weighted by Gasteiger charge is -2.35. The van der Waals surface area contributed by atoms with Crippen LogP contribution in [0, 0.1) is 0 Å². The van der Waals surface area contributed by atoms with Crippen molar-refractivity contribution in [1.29, 1.82) is 0 Å². The average Bonchev–Trinajstić information content (AvgIpc) is 2.49. The third-order valence-electron chi connectivity index (χ3n) is 2.74. The van der Waals surface area contributed by atoms with E-state index in [1.165, 1.54) is 6.42 Å². The Morgan fingerprint density at radius 1 is 1.67 bits per heavy atom. The van der Waals surface area contributed by atoms with Crippen LogP contribution >= 0.6 is 0 Å². The van der Waals surface area contributed by atoms with Crippen LogP contribution in [0.15, 0.2) is 6.20 Å². The van der Waals surface area contributed by atoms with Crippen LogP contribution in [0.3, 0.4) is 0 Å². The highest BCUT2D eigenvalue weighted by atomic mass is 16.5. The van der Waals surface area contributed by atoms with Crippen molar-refractivity contribution in [1.82, 2.24) is 15.0 Å². The summed E-state index contributed by atoms with van der Waals surface area (Å²) in [5, 5.41) is 7.67. The minimum atomic E-state index is -0.00492. The van der Waals surface area contributed by atoms with Gasteiger partial charge >= 0.3 is 0 Å². The maximum atomic E-state index is 5.96. The summed E-state index contributed by atoms with van der Waals surface area (Å²) in [5.41, 5.74) is 5.50. The summed E-state index contributed by atoms with van der Waals surface area (Å²) < 4.78 is 7.71. The topological polar surface area (TPSA) is 66.0 Å². The van der Waals surface area contributed by atoms with Crippen molar-refractivity contribution in [3.8, 4) is 0 Å². The zero-order valence-corrected chi connectivity index (χ0v) is 9.31. The molecule has 5 heteroatoms. The molecule has 1 aliphatic rings. The van der Waals surface area contributed by atoms with Gasteiger partial charge in [-0.2, -0.15) is 0 Å². The number of anilines is 1. The lowest BCUT2D eigenvalue weighted by Crippen LogP contribution is -2.37. The van der Waals surface area contributed by atoms with Crippen molar-refractivity contribution in [2.45, 2.75) is 51.4 Å². The summed E-state index contributed by atoms with van der Waals surface area (Å²) >= 11 is 0. The fraction of sp³-hybridized carbons (Fsp3) is 0.800. The SMILES string of the molecule is CC1(C)CCCC(Cn2cc(N)nn2)O1. The van der Waals surface area contributed by atoms with Gasteiger partial charge < -0.3 is 10.5 Å². The lowest BCUT2D eigenvalue weighted by molar-refractivity contribution is -0.113. The average molecular weight is 210 g/mol. The number of rotatable bonds is 2. The molecule has 2 heterocycles. The van der Waals surface area contributed by atoms with Gasteiger partial charge in [0, 0.05) is 0 Å². The van der Waals surface area contributed by atoms with Crippen molar-refractivity contribution in [3.63, 3.8) is 0 Å². The van der Waals surface area contributed by atoms with Crippen molar-refractivity contribution in [2.24, 2.45) is 0 Å². The van der Waals surface area contributed by atoms with Gasteiger partial charge in [0.15, 0.2) is 5.82 Å². The second-order valence-electron chi connectivity index (χ2n) is 4.76. The van der Waals surface area contributed by atoms with Gasteiger partial charge in [0.2, 0.25) is 0 Å². The highest BCUT2D eigenvalue weighted by Crippen LogP contribution is 2.28. The van der Waals surface area contributed by atoms with E-state index < -0.39 is 0 Å². The quantitative estimate of drug-likeness (QED) is 0.796. The molecule has 1 saturated heterocycles. The van der Waals surface area contributed by atoms with Crippen molar-refractivity contribution in [3.05, 3.63) is 6.20 Å². The van der Waals surface area contributed by atoms with Gasteiger partial charge in [-0.25, -0.2) is 4.68 Å². The molecule has 0 spiro atoms. The molecule has 2 rings (SSSR count). The van der Waals surface area contributed by atoms with Gasteiger partial charge in [0.05, 0.1) is 24.4 Å². The number of nitrogens with two attached hydrogens (primary N) is 1. The molecule has 1 fully saturated rings. The molecule has 1 atom stereocenters. The van der Waals surface area contributed by atoms with Crippen LogP contribution in [0.4, 0.5) is 5.82 Å². The first kappa shape index (κ1) is 10.4. The van der Waals surface area contributed by atoms with Gasteiger partial charge in [-0.1, -0.05) is 5.21 Å².